The topological polar surface area (TPSA) is 78.9 Å². The van der Waals surface area contributed by atoms with E-state index in [4.69, 9.17) is 14.2 Å². The van der Waals surface area contributed by atoms with Gasteiger partial charge in [-0.3, -0.25) is 14.4 Å². The Hall–Kier alpha value is -3.67. The molecule has 0 amide bonds. The zero-order chi connectivity index (χ0) is 55.0. The number of unbranched alkanes of at least 4 members (excludes halogenated alkanes) is 31. The molecule has 0 heterocycles. The Kier molecular flexibility index (Phi) is 60.8. The maximum absolute atomic E-state index is 12.9. The van der Waals surface area contributed by atoms with Crippen LogP contribution in [0.15, 0.2) is 97.2 Å². The molecule has 1 atom stereocenters. The lowest BCUT2D eigenvalue weighted by atomic mass is 10.0. The molecule has 0 aliphatic rings. The number of carbonyl (C=O) groups is 3. The third-order valence-electron chi connectivity index (χ3n) is 13.8. The fourth-order valence-electron chi connectivity index (χ4n) is 9.01. The average Bonchev–Trinajstić information content (AvgIpc) is 3.42. The molecule has 0 radical (unpaired) electrons. The van der Waals surface area contributed by atoms with Gasteiger partial charge in [-0.25, -0.2) is 0 Å². The van der Waals surface area contributed by atoms with Gasteiger partial charge in [-0.05, 0) is 103 Å². The summed E-state index contributed by atoms with van der Waals surface area (Å²) in [6.45, 7) is 6.52. The molecule has 0 rings (SSSR count). The summed E-state index contributed by atoms with van der Waals surface area (Å²) in [6, 6.07) is 0. The molecule has 436 valence electrons. The van der Waals surface area contributed by atoms with Crippen LogP contribution < -0.4 is 0 Å². The van der Waals surface area contributed by atoms with Crippen molar-refractivity contribution in [1.82, 2.24) is 0 Å². The Labute approximate surface area is 470 Å². The third kappa shape index (κ3) is 61.2. The largest absolute Gasteiger partial charge is 0.462 e. The van der Waals surface area contributed by atoms with Gasteiger partial charge in [0.25, 0.3) is 0 Å². The number of esters is 3. The monoisotopic (exact) mass is 1060 g/mol. The van der Waals surface area contributed by atoms with Gasteiger partial charge in [0.1, 0.15) is 13.2 Å². The quantitative estimate of drug-likeness (QED) is 0.0261. The average molecular weight is 1060 g/mol. The van der Waals surface area contributed by atoms with E-state index >= 15 is 0 Å². The van der Waals surface area contributed by atoms with Crippen molar-refractivity contribution in [3.05, 3.63) is 97.2 Å². The van der Waals surface area contributed by atoms with Crippen LogP contribution in [0.2, 0.25) is 0 Å². The molecule has 0 spiro atoms. The standard InChI is InChI=1S/C70H120O6/c1-4-7-10-13-16-19-22-24-26-27-28-29-30-31-32-33-34-35-36-37-38-39-40-41-42-43-45-46-48-51-54-57-60-63-69(72)75-66-67(65-74-68(71)62-59-56-53-50-21-18-15-12-9-6-3)76-70(73)64-61-58-55-52-49-47-44-25-23-20-17-14-11-8-5-2/h7,10,16,19,24-26,28-29,31-32,34-35,37-38,44,67H,4-6,8-9,11-15,17-18,20-23,27,30,33,36,39-43,45-66H2,1-3H3/b10-7-,19-16-,26-24-,29-28-,32-31-,35-34-,38-37-,44-25-. The highest BCUT2D eigenvalue weighted by atomic mass is 16.6. The van der Waals surface area contributed by atoms with Crippen molar-refractivity contribution in [3.8, 4) is 0 Å². The lowest BCUT2D eigenvalue weighted by molar-refractivity contribution is -0.167. The Morgan fingerprint density at radius 1 is 0.276 bits per heavy atom. The van der Waals surface area contributed by atoms with Gasteiger partial charge < -0.3 is 14.2 Å². The van der Waals surface area contributed by atoms with Gasteiger partial charge in [0.2, 0.25) is 0 Å². The van der Waals surface area contributed by atoms with E-state index in [-0.39, 0.29) is 31.1 Å². The Morgan fingerprint density at radius 2 is 0.513 bits per heavy atom. The zero-order valence-corrected chi connectivity index (χ0v) is 50.0. The molecule has 76 heavy (non-hydrogen) atoms. The van der Waals surface area contributed by atoms with E-state index in [0.29, 0.717) is 19.3 Å². The van der Waals surface area contributed by atoms with E-state index in [1.165, 1.54) is 154 Å². The van der Waals surface area contributed by atoms with Gasteiger partial charge in [0, 0.05) is 19.3 Å². The molecule has 0 aliphatic heterocycles. The van der Waals surface area contributed by atoms with Gasteiger partial charge >= 0.3 is 17.9 Å². The maximum atomic E-state index is 12.9. The molecule has 0 bridgehead atoms. The summed E-state index contributed by atoms with van der Waals surface area (Å²) in [5.74, 6) is -0.882. The highest BCUT2D eigenvalue weighted by Crippen LogP contribution is 2.16. The van der Waals surface area contributed by atoms with E-state index in [0.717, 1.165) is 116 Å². The number of rotatable bonds is 58. The van der Waals surface area contributed by atoms with E-state index in [9.17, 15) is 14.4 Å². The van der Waals surface area contributed by atoms with E-state index < -0.39 is 6.10 Å². The summed E-state index contributed by atoms with van der Waals surface area (Å²) < 4.78 is 16.9. The molecule has 0 fully saturated rings. The molecule has 0 saturated carbocycles. The lowest BCUT2D eigenvalue weighted by Gasteiger charge is -2.18. The van der Waals surface area contributed by atoms with Crippen LogP contribution >= 0.6 is 0 Å². The van der Waals surface area contributed by atoms with Crippen LogP contribution in [0.4, 0.5) is 0 Å². The minimum Gasteiger partial charge on any atom is -0.462 e. The first-order valence-electron chi connectivity index (χ1n) is 32.2. The minimum atomic E-state index is -0.780. The minimum absolute atomic E-state index is 0.0777. The summed E-state index contributed by atoms with van der Waals surface area (Å²) in [6.07, 6.45) is 85.7. The Bertz CT molecular complexity index is 1490. The van der Waals surface area contributed by atoms with Crippen molar-refractivity contribution in [2.75, 3.05) is 13.2 Å². The molecule has 0 aromatic heterocycles. The van der Waals surface area contributed by atoms with Crippen LogP contribution in [-0.4, -0.2) is 37.2 Å². The Balaban J connectivity index is 4.16. The van der Waals surface area contributed by atoms with Crippen LogP contribution in [0, 0.1) is 0 Å². The molecular weight excluding hydrogens is 937 g/mol. The van der Waals surface area contributed by atoms with Gasteiger partial charge in [0.15, 0.2) is 6.10 Å². The second-order valence-electron chi connectivity index (χ2n) is 21.3. The predicted molar refractivity (Wildman–Crippen MR) is 330 cm³/mol. The second-order valence-corrected chi connectivity index (χ2v) is 21.3. The van der Waals surface area contributed by atoms with Gasteiger partial charge in [-0.2, -0.15) is 0 Å². The molecule has 1 unspecified atom stereocenters. The number of allylic oxidation sites excluding steroid dienone is 16. The lowest BCUT2D eigenvalue weighted by Crippen LogP contribution is -2.30. The fourth-order valence-corrected chi connectivity index (χ4v) is 9.01. The highest BCUT2D eigenvalue weighted by molar-refractivity contribution is 5.71. The number of ether oxygens (including phenoxy) is 3. The summed E-state index contributed by atoms with van der Waals surface area (Å²) in [4.78, 5) is 38.2. The van der Waals surface area contributed by atoms with Gasteiger partial charge in [-0.1, -0.05) is 285 Å². The SMILES string of the molecule is CC/C=C\C/C=C\C/C=C\C/C=C\C/C=C\C/C=C\C/C=C\CCCCCCCCCCCCCC(=O)OCC(COC(=O)CCCCCCCCCCCC)OC(=O)CCCCCCC/C=C\CCCCCCCC. The summed E-state index contributed by atoms with van der Waals surface area (Å²) in [7, 11) is 0. The number of hydrogen-bond acceptors (Lipinski definition) is 6. The third-order valence-corrected chi connectivity index (χ3v) is 13.8. The summed E-state index contributed by atoms with van der Waals surface area (Å²) in [5, 5.41) is 0. The van der Waals surface area contributed by atoms with Crippen molar-refractivity contribution in [2.45, 2.75) is 316 Å². The van der Waals surface area contributed by atoms with Crippen LogP contribution in [0.25, 0.3) is 0 Å². The van der Waals surface area contributed by atoms with Crippen molar-refractivity contribution in [3.63, 3.8) is 0 Å². The van der Waals surface area contributed by atoms with Gasteiger partial charge in [-0.15, -0.1) is 0 Å². The molecule has 0 aromatic rings. The Morgan fingerprint density at radius 3 is 0.816 bits per heavy atom. The first-order valence-corrected chi connectivity index (χ1v) is 32.2. The van der Waals surface area contributed by atoms with Crippen molar-refractivity contribution in [1.29, 1.82) is 0 Å². The molecule has 0 saturated heterocycles. The first kappa shape index (κ1) is 72.3. The highest BCUT2D eigenvalue weighted by Gasteiger charge is 2.19. The number of carbonyl (C=O) groups excluding carboxylic acids is 3. The van der Waals surface area contributed by atoms with Crippen LogP contribution in [0.1, 0.15) is 310 Å². The zero-order valence-electron chi connectivity index (χ0n) is 50.0. The first-order chi connectivity index (χ1) is 37.5. The van der Waals surface area contributed by atoms with Crippen LogP contribution in [0.5, 0.6) is 0 Å². The van der Waals surface area contributed by atoms with Crippen LogP contribution in [-0.2, 0) is 28.6 Å². The molecule has 6 heteroatoms. The molecule has 0 aliphatic carbocycles. The number of hydrogen-bond donors (Lipinski definition) is 0. The molecule has 0 aromatic carbocycles. The molecule has 6 nitrogen and oxygen atoms in total. The normalized spacial score (nSPS) is 12.7. The molecule has 0 N–H and O–H groups in total. The summed E-state index contributed by atoms with van der Waals surface area (Å²) in [5.41, 5.74) is 0. The van der Waals surface area contributed by atoms with E-state index in [2.05, 4.69) is 118 Å². The van der Waals surface area contributed by atoms with Gasteiger partial charge in [0.05, 0.1) is 0 Å². The van der Waals surface area contributed by atoms with E-state index in [1.54, 1.807) is 0 Å². The molecular formula is C70H120O6. The summed E-state index contributed by atoms with van der Waals surface area (Å²) >= 11 is 0. The maximum Gasteiger partial charge on any atom is 0.306 e. The van der Waals surface area contributed by atoms with Crippen molar-refractivity contribution in [2.24, 2.45) is 0 Å². The second kappa shape index (κ2) is 63.9. The predicted octanol–water partition coefficient (Wildman–Crippen LogP) is 22.0. The van der Waals surface area contributed by atoms with Crippen molar-refractivity contribution >= 4 is 17.9 Å². The smallest absolute Gasteiger partial charge is 0.306 e. The van der Waals surface area contributed by atoms with Crippen LogP contribution in [0.3, 0.4) is 0 Å². The van der Waals surface area contributed by atoms with E-state index in [1.807, 2.05) is 0 Å². The fraction of sp³-hybridized carbons (Fsp3) is 0.729. The van der Waals surface area contributed by atoms with Crippen molar-refractivity contribution < 1.29 is 28.6 Å².